The highest BCUT2D eigenvalue weighted by Gasteiger charge is 2.15. The summed E-state index contributed by atoms with van der Waals surface area (Å²) in [6.45, 7) is 6.85. The van der Waals surface area contributed by atoms with E-state index in [-0.39, 0.29) is 6.04 Å². The van der Waals surface area contributed by atoms with Crippen LogP contribution in [0.3, 0.4) is 0 Å². The number of aryl methyl sites for hydroxylation is 1. The van der Waals surface area contributed by atoms with E-state index >= 15 is 0 Å². The van der Waals surface area contributed by atoms with Gasteiger partial charge in [0.15, 0.2) is 0 Å². The number of nitrogens with one attached hydrogen (secondary N) is 1. The summed E-state index contributed by atoms with van der Waals surface area (Å²) in [6.07, 6.45) is 3.86. The molecule has 1 heterocycles. The Bertz CT molecular complexity index is 287. The number of ether oxygens (including phenoxy) is 1. The number of hydrogen-bond acceptors (Lipinski definition) is 4. The topological polar surface area (TPSA) is 52.0 Å². The average Bonchev–Trinajstić information content (AvgIpc) is 2.73. The minimum atomic E-state index is 0.284. The molecule has 0 bridgehead atoms. The van der Waals surface area contributed by atoms with Crippen LogP contribution >= 0.6 is 0 Å². The van der Waals surface area contributed by atoms with Gasteiger partial charge < -0.3 is 10.1 Å². The Morgan fingerprint density at radius 2 is 2.31 bits per heavy atom. The van der Waals surface area contributed by atoms with Gasteiger partial charge in [-0.2, -0.15) is 0 Å². The second-order valence-electron chi connectivity index (χ2n) is 3.77. The van der Waals surface area contributed by atoms with E-state index in [0.717, 1.165) is 38.2 Å². The molecule has 5 nitrogen and oxygen atoms in total. The van der Waals surface area contributed by atoms with Crippen LogP contribution in [0.4, 0.5) is 0 Å². The SMILES string of the molecule is CCCn1nncc1C(CCOC)NCC. The molecule has 1 aromatic rings. The van der Waals surface area contributed by atoms with Crippen molar-refractivity contribution >= 4 is 0 Å². The van der Waals surface area contributed by atoms with Gasteiger partial charge in [-0.1, -0.05) is 19.1 Å². The molecular formula is C11H22N4O. The molecule has 0 fully saturated rings. The van der Waals surface area contributed by atoms with Crippen LogP contribution in [0.2, 0.25) is 0 Å². The monoisotopic (exact) mass is 226 g/mol. The molecule has 0 saturated heterocycles. The standard InChI is InChI=1S/C11H22N4O/c1-4-7-15-11(9-13-14-15)10(12-5-2)6-8-16-3/h9-10,12H,4-8H2,1-3H3. The molecule has 1 N–H and O–H groups in total. The van der Waals surface area contributed by atoms with Crippen molar-refractivity contribution in [3.05, 3.63) is 11.9 Å². The van der Waals surface area contributed by atoms with Crippen LogP contribution in [0.15, 0.2) is 6.20 Å². The third-order valence-electron chi connectivity index (χ3n) is 2.50. The molecule has 1 aromatic heterocycles. The lowest BCUT2D eigenvalue weighted by Gasteiger charge is -2.18. The highest BCUT2D eigenvalue weighted by atomic mass is 16.5. The van der Waals surface area contributed by atoms with Gasteiger partial charge in [0.25, 0.3) is 0 Å². The first-order chi connectivity index (χ1) is 7.83. The second-order valence-corrected chi connectivity index (χ2v) is 3.77. The van der Waals surface area contributed by atoms with Crippen molar-refractivity contribution < 1.29 is 4.74 Å². The van der Waals surface area contributed by atoms with Crippen molar-refractivity contribution in [3.8, 4) is 0 Å². The van der Waals surface area contributed by atoms with Crippen LogP contribution < -0.4 is 5.32 Å². The van der Waals surface area contributed by atoms with Crippen LogP contribution in [-0.2, 0) is 11.3 Å². The lowest BCUT2D eigenvalue weighted by Crippen LogP contribution is -2.25. The minimum Gasteiger partial charge on any atom is -0.385 e. The molecule has 0 amide bonds. The Balaban J connectivity index is 2.70. The van der Waals surface area contributed by atoms with Crippen molar-refractivity contribution in [2.24, 2.45) is 0 Å². The van der Waals surface area contributed by atoms with Crippen LogP contribution in [0.1, 0.15) is 38.4 Å². The van der Waals surface area contributed by atoms with Gasteiger partial charge >= 0.3 is 0 Å². The fourth-order valence-electron chi connectivity index (χ4n) is 1.76. The fraction of sp³-hybridized carbons (Fsp3) is 0.818. The van der Waals surface area contributed by atoms with Gasteiger partial charge in [-0.15, -0.1) is 5.10 Å². The Morgan fingerprint density at radius 1 is 1.50 bits per heavy atom. The van der Waals surface area contributed by atoms with Crippen molar-refractivity contribution in [3.63, 3.8) is 0 Å². The van der Waals surface area contributed by atoms with E-state index in [1.807, 2.05) is 10.9 Å². The molecule has 16 heavy (non-hydrogen) atoms. The van der Waals surface area contributed by atoms with Crippen molar-refractivity contribution in [1.29, 1.82) is 0 Å². The quantitative estimate of drug-likeness (QED) is 0.727. The van der Waals surface area contributed by atoms with Crippen LogP contribution in [-0.4, -0.2) is 35.3 Å². The number of methoxy groups -OCH3 is 1. The largest absolute Gasteiger partial charge is 0.385 e. The normalized spacial score (nSPS) is 12.9. The molecule has 1 rings (SSSR count). The maximum atomic E-state index is 5.13. The lowest BCUT2D eigenvalue weighted by molar-refractivity contribution is 0.181. The average molecular weight is 226 g/mol. The van der Waals surface area contributed by atoms with E-state index in [1.54, 1.807) is 7.11 Å². The van der Waals surface area contributed by atoms with Crippen molar-refractivity contribution in [2.75, 3.05) is 20.3 Å². The number of rotatable bonds is 8. The number of aromatic nitrogens is 3. The van der Waals surface area contributed by atoms with Gasteiger partial charge in [0.1, 0.15) is 0 Å². The first-order valence-electron chi connectivity index (χ1n) is 5.94. The van der Waals surface area contributed by atoms with Crippen molar-refractivity contribution in [2.45, 2.75) is 39.3 Å². The molecule has 0 aliphatic heterocycles. The van der Waals surface area contributed by atoms with E-state index in [4.69, 9.17) is 4.74 Å². The van der Waals surface area contributed by atoms with Crippen LogP contribution in [0, 0.1) is 0 Å². The Labute approximate surface area is 97.2 Å². The summed E-state index contributed by atoms with van der Waals surface area (Å²) in [5.74, 6) is 0. The third-order valence-corrected chi connectivity index (χ3v) is 2.50. The van der Waals surface area contributed by atoms with E-state index in [0.29, 0.717) is 0 Å². The van der Waals surface area contributed by atoms with Crippen LogP contribution in [0.5, 0.6) is 0 Å². The second kappa shape index (κ2) is 7.35. The molecule has 0 saturated carbocycles. The maximum absolute atomic E-state index is 5.13. The molecule has 0 aromatic carbocycles. The van der Waals surface area contributed by atoms with Gasteiger partial charge in [0.05, 0.1) is 17.9 Å². The predicted octanol–water partition coefficient (Wildman–Crippen LogP) is 1.38. The third kappa shape index (κ3) is 3.57. The predicted molar refractivity (Wildman–Crippen MR) is 63.2 cm³/mol. The minimum absolute atomic E-state index is 0.284. The summed E-state index contributed by atoms with van der Waals surface area (Å²) in [4.78, 5) is 0. The van der Waals surface area contributed by atoms with E-state index in [9.17, 15) is 0 Å². The molecule has 92 valence electrons. The van der Waals surface area contributed by atoms with Gasteiger partial charge in [-0.05, 0) is 19.4 Å². The summed E-state index contributed by atoms with van der Waals surface area (Å²) >= 11 is 0. The van der Waals surface area contributed by atoms with Gasteiger partial charge in [-0.25, -0.2) is 4.68 Å². The summed E-state index contributed by atoms with van der Waals surface area (Å²) in [7, 11) is 1.73. The van der Waals surface area contributed by atoms with Gasteiger partial charge in [0.2, 0.25) is 0 Å². The summed E-state index contributed by atoms with van der Waals surface area (Å²) in [6, 6.07) is 0.284. The first kappa shape index (κ1) is 13.1. The van der Waals surface area contributed by atoms with E-state index in [1.165, 1.54) is 0 Å². The smallest absolute Gasteiger partial charge is 0.0757 e. The maximum Gasteiger partial charge on any atom is 0.0757 e. The zero-order chi connectivity index (χ0) is 11.8. The summed E-state index contributed by atoms with van der Waals surface area (Å²) < 4.78 is 7.10. The van der Waals surface area contributed by atoms with Crippen molar-refractivity contribution in [1.82, 2.24) is 20.3 Å². The Morgan fingerprint density at radius 3 is 2.94 bits per heavy atom. The Hall–Kier alpha value is -0.940. The zero-order valence-corrected chi connectivity index (χ0v) is 10.4. The van der Waals surface area contributed by atoms with Crippen LogP contribution in [0.25, 0.3) is 0 Å². The molecule has 0 aliphatic carbocycles. The highest BCUT2D eigenvalue weighted by molar-refractivity contribution is 5.02. The fourth-order valence-corrected chi connectivity index (χ4v) is 1.76. The van der Waals surface area contributed by atoms with E-state index < -0.39 is 0 Å². The lowest BCUT2D eigenvalue weighted by atomic mass is 10.1. The van der Waals surface area contributed by atoms with Gasteiger partial charge in [0, 0.05) is 20.3 Å². The zero-order valence-electron chi connectivity index (χ0n) is 10.4. The molecule has 0 spiro atoms. The molecule has 5 heteroatoms. The number of nitrogens with zero attached hydrogens (tertiary/aromatic N) is 3. The summed E-state index contributed by atoms with van der Waals surface area (Å²) in [5, 5.41) is 11.5. The molecule has 0 aliphatic rings. The molecule has 0 radical (unpaired) electrons. The molecule has 1 unspecified atom stereocenters. The highest BCUT2D eigenvalue weighted by Crippen LogP contribution is 2.15. The Kier molecular flexibility index (Phi) is 6.03. The summed E-state index contributed by atoms with van der Waals surface area (Å²) in [5.41, 5.74) is 1.15. The van der Waals surface area contributed by atoms with E-state index in [2.05, 4.69) is 29.5 Å². The molecule has 1 atom stereocenters. The first-order valence-corrected chi connectivity index (χ1v) is 5.94. The molecular weight excluding hydrogens is 204 g/mol. The number of hydrogen-bond donors (Lipinski definition) is 1. The van der Waals surface area contributed by atoms with Gasteiger partial charge in [-0.3, -0.25) is 0 Å².